The average molecular weight is 880 g/mol. The van der Waals surface area contributed by atoms with Crippen LogP contribution in [0.15, 0.2) is 79.4 Å². The number of nitrogens with zero attached hydrogens (tertiary/aromatic N) is 7. The molecule has 5 heterocycles. The van der Waals surface area contributed by atoms with Crippen LogP contribution in [-0.2, 0) is 14.4 Å². The number of ether oxygens (including phenoxy) is 1. The van der Waals surface area contributed by atoms with Gasteiger partial charge in [0.1, 0.15) is 12.1 Å². The molecule has 3 saturated heterocycles. The second kappa shape index (κ2) is 18.3. The zero-order chi connectivity index (χ0) is 42.7. The van der Waals surface area contributed by atoms with E-state index in [1.54, 1.807) is 43.0 Å². The van der Waals surface area contributed by atoms with Gasteiger partial charge in [0.05, 0.1) is 27.9 Å². The van der Waals surface area contributed by atoms with E-state index in [4.69, 9.17) is 27.9 Å². The van der Waals surface area contributed by atoms with E-state index >= 15 is 0 Å². The van der Waals surface area contributed by atoms with Gasteiger partial charge in [0.15, 0.2) is 23.6 Å². The number of likely N-dealkylation sites (tertiary alicyclic amines) is 1. The van der Waals surface area contributed by atoms with Gasteiger partial charge in [-0.15, -0.1) is 0 Å². The van der Waals surface area contributed by atoms with E-state index in [2.05, 4.69) is 69.5 Å². The molecular formula is C45H48Cl2N10O5. The van der Waals surface area contributed by atoms with Crippen LogP contribution >= 0.6 is 23.2 Å². The Kier molecular flexibility index (Phi) is 12.3. The van der Waals surface area contributed by atoms with Crippen LogP contribution < -0.4 is 25.6 Å². The smallest absolute Gasteiger partial charge is 0.260 e. The van der Waals surface area contributed by atoms with Gasteiger partial charge in [0.25, 0.3) is 11.8 Å². The summed E-state index contributed by atoms with van der Waals surface area (Å²) in [4.78, 5) is 70.1. The Balaban J connectivity index is 0.692. The molecule has 1 atom stereocenters. The van der Waals surface area contributed by atoms with Gasteiger partial charge in [-0.25, -0.2) is 15.0 Å². The number of hydrogen-bond donors (Lipinski definition) is 3. The summed E-state index contributed by atoms with van der Waals surface area (Å²) in [7, 11) is 0. The van der Waals surface area contributed by atoms with Crippen LogP contribution in [0.2, 0.25) is 10.0 Å². The van der Waals surface area contributed by atoms with Crippen molar-refractivity contribution in [3.8, 4) is 5.75 Å². The van der Waals surface area contributed by atoms with Crippen molar-refractivity contribution in [1.82, 2.24) is 40.0 Å². The number of imide groups is 1. The van der Waals surface area contributed by atoms with E-state index in [1.165, 1.54) is 5.69 Å². The Labute approximate surface area is 369 Å². The van der Waals surface area contributed by atoms with Gasteiger partial charge >= 0.3 is 0 Å². The minimum Gasteiger partial charge on any atom is -0.484 e. The summed E-state index contributed by atoms with van der Waals surface area (Å²) in [6.07, 6.45) is 7.58. The van der Waals surface area contributed by atoms with Crippen molar-refractivity contribution >= 4 is 75.2 Å². The molecule has 62 heavy (non-hydrogen) atoms. The Morgan fingerprint density at radius 3 is 2.27 bits per heavy atom. The molecule has 1 unspecified atom stereocenters. The fourth-order valence-electron chi connectivity index (χ4n) is 8.97. The van der Waals surface area contributed by atoms with Crippen LogP contribution in [-0.4, -0.2) is 111 Å². The molecule has 5 aromatic rings. The monoisotopic (exact) mass is 878 g/mol. The Morgan fingerprint density at radius 2 is 1.56 bits per heavy atom. The molecule has 3 N–H and O–H groups in total. The summed E-state index contributed by atoms with van der Waals surface area (Å²) >= 11 is 12.5. The number of piperidine rings is 2. The average Bonchev–Trinajstić information content (AvgIpc) is 3.69. The van der Waals surface area contributed by atoms with Gasteiger partial charge in [-0.2, -0.15) is 0 Å². The third kappa shape index (κ3) is 9.20. The quantitative estimate of drug-likeness (QED) is 0.127. The zero-order valence-electron chi connectivity index (χ0n) is 34.1. The van der Waals surface area contributed by atoms with Crippen molar-refractivity contribution in [3.63, 3.8) is 0 Å². The van der Waals surface area contributed by atoms with Crippen LogP contribution in [0.5, 0.6) is 5.75 Å². The standard InChI is InChI=1S/C45H48Cl2N10O5/c46-36-2-1-3-37(47)40(36)45(61)52-31-22-33(23-31)57-27-50-41-42(48-26-49-43(41)57)51-30-6-8-32(9-7-30)55-20-18-54(19-21-55)24-28-14-16-56(17-15-28)39(59)25-62-34-10-4-29(5-11-34)35-12-13-38(58)53-44(35)60/h1-11,26-28,31,33,35H,12-25H2,(H,52,61)(H,48,49,51)(H,53,58,60). The number of carbonyl (C=O) groups is 4. The summed E-state index contributed by atoms with van der Waals surface area (Å²) < 4.78 is 7.85. The molecule has 0 radical (unpaired) electrons. The molecule has 4 fully saturated rings. The number of carbonyl (C=O) groups excluding carboxylic acids is 4. The third-order valence-electron chi connectivity index (χ3n) is 12.6. The lowest BCUT2D eigenvalue weighted by molar-refractivity contribution is -0.135. The lowest BCUT2D eigenvalue weighted by atomic mass is 9.86. The Hall–Kier alpha value is -5.77. The first kappa shape index (κ1) is 41.6. The fraction of sp³-hybridized carbons (Fsp3) is 0.400. The number of fused-ring (bicyclic) bond motifs is 1. The number of piperazine rings is 1. The summed E-state index contributed by atoms with van der Waals surface area (Å²) in [6.45, 7) is 6.34. The van der Waals surface area contributed by atoms with Crippen LogP contribution in [0.4, 0.5) is 17.2 Å². The van der Waals surface area contributed by atoms with Gasteiger partial charge in [-0.05, 0) is 92.1 Å². The van der Waals surface area contributed by atoms with E-state index in [-0.39, 0.29) is 48.2 Å². The number of benzene rings is 3. The second-order valence-electron chi connectivity index (χ2n) is 16.6. The zero-order valence-corrected chi connectivity index (χ0v) is 35.7. The number of rotatable bonds is 12. The maximum Gasteiger partial charge on any atom is 0.260 e. The first-order valence-corrected chi connectivity index (χ1v) is 22.0. The minimum absolute atomic E-state index is 0.0115. The molecule has 17 heteroatoms. The molecule has 15 nitrogen and oxygen atoms in total. The van der Waals surface area contributed by atoms with Crippen molar-refractivity contribution in [2.75, 3.05) is 62.6 Å². The molecule has 4 aliphatic rings. The van der Waals surface area contributed by atoms with Crippen molar-refractivity contribution in [3.05, 3.63) is 101 Å². The number of halogens is 2. The maximum atomic E-state index is 13.0. The number of nitrogens with one attached hydrogen (secondary N) is 3. The third-order valence-corrected chi connectivity index (χ3v) is 13.3. The van der Waals surface area contributed by atoms with Crippen LogP contribution in [0.25, 0.3) is 11.2 Å². The van der Waals surface area contributed by atoms with Gasteiger partial charge in [-0.3, -0.25) is 29.4 Å². The maximum absolute atomic E-state index is 13.0. The number of amides is 4. The normalized spacial score (nSPS) is 21.0. The Bertz CT molecular complexity index is 2420. The summed E-state index contributed by atoms with van der Waals surface area (Å²) in [5.74, 6) is 0.621. The van der Waals surface area contributed by atoms with Crippen LogP contribution in [0, 0.1) is 5.92 Å². The molecule has 3 aromatic carbocycles. The lowest BCUT2D eigenvalue weighted by Gasteiger charge is -2.39. The topological polar surface area (TPSA) is 167 Å². The van der Waals surface area contributed by atoms with E-state index in [9.17, 15) is 19.2 Å². The summed E-state index contributed by atoms with van der Waals surface area (Å²) in [6, 6.07) is 20.8. The molecule has 322 valence electrons. The predicted molar refractivity (Wildman–Crippen MR) is 236 cm³/mol. The second-order valence-corrected chi connectivity index (χ2v) is 17.4. The highest BCUT2D eigenvalue weighted by molar-refractivity contribution is 6.39. The molecule has 4 amide bonds. The number of anilines is 3. The SMILES string of the molecule is O=C1CCC(c2ccc(OCC(=O)N3CCC(CN4CCN(c5ccc(Nc6ncnc7c6ncn7C6CC(NC(=O)c7c(Cl)cccc7Cl)C6)cc5)CC4)CC3)cc2)C(=O)N1. The molecule has 1 aliphatic carbocycles. The molecule has 0 bridgehead atoms. The first-order valence-electron chi connectivity index (χ1n) is 21.3. The minimum atomic E-state index is -0.347. The van der Waals surface area contributed by atoms with Crippen molar-refractivity contribution in [2.24, 2.45) is 5.92 Å². The van der Waals surface area contributed by atoms with E-state index in [1.807, 2.05) is 17.0 Å². The predicted octanol–water partition coefficient (Wildman–Crippen LogP) is 5.97. The summed E-state index contributed by atoms with van der Waals surface area (Å²) in [5, 5.41) is 9.53. The largest absolute Gasteiger partial charge is 0.484 e. The van der Waals surface area contributed by atoms with Crippen molar-refractivity contribution < 1.29 is 23.9 Å². The molecule has 3 aliphatic heterocycles. The molecular weight excluding hydrogens is 831 g/mol. The molecule has 2 aromatic heterocycles. The van der Waals surface area contributed by atoms with Gasteiger partial charge in [-0.1, -0.05) is 41.4 Å². The van der Waals surface area contributed by atoms with Crippen LogP contribution in [0.1, 0.15) is 66.4 Å². The number of imidazole rings is 1. The summed E-state index contributed by atoms with van der Waals surface area (Å²) in [5.41, 5.74) is 4.63. The van der Waals surface area contributed by atoms with Crippen LogP contribution in [0.3, 0.4) is 0 Å². The molecule has 0 spiro atoms. The van der Waals surface area contributed by atoms with E-state index < -0.39 is 0 Å². The highest BCUT2D eigenvalue weighted by Gasteiger charge is 2.34. The van der Waals surface area contributed by atoms with E-state index in [0.717, 1.165) is 88.4 Å². The van der Waals surface area contributed by atoms with Gasteiger partial charge < -0.3 is 29.7 Å². The highest BCUT2D eigenvalue weighted by Crippen LogP contribution is 2.36. The molecule has 9 rings (SSSR count). The van der Waals surface area contributed by atoms with Gasteiger partial charge in [0.2, 0.25) is 11.8 Å². The van der Waals surface area contributed by atoms with E-state index in [0.29, 0.717) is 51.5 Å². The lowest BCUT2D eigenvalue weighted by Crippen LogP contribution is -2.49. The van der Waals surface area contributed by atoms with Crippen molar-refractivity contribution in [1.29, 1.82) is 0 Å². The first-order chi connectivity index (χ1) is 30.1. The highest BCUT2D eigenvalue weighted by atomic mass is 35.5. The molecule has 1 saturated carbocycles. The number of hydrogen-bond acceptors (Lipinski definition) is 11. The van der Waals surface area contributed by atoms with Gasteiger partial charge in [0, 0.05) is 75.7 Å². The number of aromatic nitrogens is 4. The van der Waals surface area contributed by atoms with Crippen molar-refractivity contribution in [2.45, 2.75) is 56.5 Å². The Morgan fingerprint density at radius 1 is 0.839 bits per heavy atom. The fourth-order valence-corrected chi connectivity index (χ4v) is 9.54.